The SMILES string of the molecule is C=CCn1c(=NC(=O)c2c(C)cnn2C)sc2c(OC)ccc(OC)c21. The molecule has 0 radical (unpaired) electrons. The summed E-state index contributed by atoms with van der Waals surface area (Å²) in [4.78, 5) is 17.6. The van der Waals surface area contributed by atoms with E-state index in [1.54, 1.807) is 33.5 Å². The van der Waals surface area contributed by atoms with Crippen molar-refractivity contribution in [1.29, 1.82) is 0 Å². The fourth-order valence-electron chi connectivity index (χ4n) is 2.83. The van der Waals surface area contributed by atoms with Crippen LogP contribution < -0.4 is 14.3 Å². The highest BCUT2D eigenvalue weighted by Crippen LogP contribution is 2.35. The van der Waals surface area contributed by atoms with Crippen LogP contribution in [0.1, 0.15) is 16.1 Å². The largest absolute Gasteiger partial charge is 0.495 e. The molecule has 3 rings (SSSR count). The third-order valence-corrected chi connectivity index (χ3v) is 5.12. The lowest BCUT2D eigenvalue weighted by Crippen LogP contribution is -2.18. The molecule has 0 spiro atoms. The molecule has 0 aliphatic heterocycles. The molecule has 1 aromatic carbocycles. The first kappa shape index (κ1) is 17.9. The number of rotatable bonds is 5. The van der Waals surface area contributed by atoms with Crippen LogP contribution in [0, 0.1) is 6.92 Å². The van der Waals surface area contributed by atoms with Crippen molar-refractivity contribution in [1.82, 2.24) is 14.3 Å². The Morgan fingerprint density at radius 2 is 2.04 bits per heavy atom. The van der Waals surface area contributed by atoms with Gasteiger partial charge in [-0.05, 0) is 19.1 Å². The summed E-state index contributed by atoms with van der Waals surface area (Å²) in [6, 6.07) is 3.68. The van der Waals surface area contributed by atoms with Gasteiger partial charge < -0.3 is 14.0 Å². The first-order chi connectivity index (χ1) is 12.5. The number of hydrogen-bond acceptors (Lipinski definition) is 5. The van der Waals surface area contributed by atoms with Gasteiger partial charge in [-0.15, -0.1) is 6.58 Å². The summed E-state index contributed by atoms with van der Waals surface area (Å²) in [7, 11) is 4.95. The number of amides is 1. The third kappa shape index (κ3) is 2.92. The number of thiazole rings is 1. The zero-order valence-electron chi connectivity index (χ0n) is 15.1. The monoisotopic (exact) mass is 372 g/mol. The van der Waals surface area contributed by atoms with E-state index in [1.165, 1.54) is 16.0 Å². The molecular formula is C18H20N4O3S. The molecule has 0 saturated heterocycles. The number of methoxy groups -OCH3 is 2. The second-order valence-electron chi connectivity index (χ2n) is 5.65. The van der Waals surface area contributed by atoms with Crippen molar-refractivity contribution in [3.8, 4) is 11.5 Å². The smallest absolute Gasteiger partial charge is 0.298 e. The zero-order valence-corrected chi connectivity index (χ0v) is 16.0. The second kappa shape index (κ2) is 7.17. The molecule has 2 aromatic heterocycles. The maximum absolute atomic E-state index is 12.7. The number of aromatic nitrogens is 3. The second-order valence-corrected chi connectivity index (χ2v) is 6.63. The van der Waals surface area contributed by atoms with E-state index in [1.807, 2.05) is 23.6 Å². The van der Waals surface area contributed by atoms with Gasteiger partial charge in [0.2, 0.25) is 0 Å². The third-order valence-electron chi connectivity index (χ3n) is 4.03. The standard InChI is InChI=1S/C18H20N4O3S/c1-6-9-22-15-12(24-4)7-8-13(25-5)16(15)26-18(22)20-17(23)14-11(2)10-19-21(14)3/h6-8,10H,1,9H2,2-5H3. The van der Waals surface area contributed by atoms with Gasteiger partial charge in [-0.3, -0.25) is 9.48 Å². The fourth-order valence-corrected chi connectivity index (χ4v) is 3.98. The molecule has 26 heavy (non-hydrogen) atoms. The molecule has 0 aliphatic rings. The molecule has 1 amide bonds. The Morgan fingerprint density at radius 3 is 2.62 bits per heavy atom. The summed E-state index contributed by atoms with van der Waals surface area (Å²) in [6.07, 6.45) is 3.40. The van der Waals surface area contributed by atoms with Crippen molar-refractivity contribution in [2.45, 2.75) is 13.5 Å². The Hall–Kier alpha value is -2.87. The van der Waals surface area contributed by atoms with Crippen molar-refractivity contribution >= 4 is 27.5 Å². The minimum atomic E-state index is -0.343. The average molecular weight is 372 g/mol. The first-order valence-electron chi connectivity index (χ1n) is 7.94. The van der Waals surface area contributed by atoms with E-state index in [0.29, 0.717) is 28.5 Å². The Morgan fingerprint density at radius 1 is 1.35 bits per heavy atom. The molecule has 0 fully saturated rings. The van der Waals surface area contributed by atoms with Gasteiger partial charge in [0.05, 0.1) is 20.4 Å². The topological polar surface area (TPSA) is 70.6 Å². The maximum atomic E-state index is 12.7. The van der Waals surface area contributed by atoms with Gasteiger partial charge in [-0.25, -0.2) is 0 Å². The van der Waals surface area contributed by atoms with Gasteiger partial charge >= 0.3 is 0 Å². The van der Waals surface area contributed by atoms with E-state index in [-0.39, 0.29) is 5.91 Å². The van der Waals surface area contributed by atoms with E-state index < -0.39 is 0 Å². The summed E-state index contributed by atoms with van der Waals surface area (Å²) < 4.78 is 15.3. The van der Waals surface area contributed by atoms with Crippen molar-refractivity contribution in [3.63, 3.8) is 0 Å². The van der Waals surface area contributed by atoms with Crippen LogP contribution in [0.5, 0.6) is 11.5 Å². The van der Waals surface area contributed by atoms with Crippen LogP contribution in [0.25, 0.3) is 10.2 Å². The van der Waals surface area contributed by atoms with Crippen LogP contribution in [0.3, 0.4) is 0 Å². The lowest BCUT2D eigenvalue weighted by Gasteiger charge is -2.08. The number of nitrogens with zero attached hydrogens (tertiary/aromatic N) is 4. The number of carbonyl (C=O) groups is 1. The maximum Gasteiger partial charge on any atom is 0.298 e. The van der Waals surface area contributed by atoms with E-state index >= 15 is 0 Å². The molecule has 3 aromatic rings. The van der Waals surface area contributed by atoms with Gasteiger partial charge in [0.25, 0.3) is 5.91 Å². The highest BCUT2D eigenvalue weighted by Gasteiger charge is 2.18. The molecule has 0 unspecified atom stereocenters. The molecule has 0 N–H and O–H groups in total. The Labute approximate surface area is 154 Å². The summed E-state index contributed by atoms with van der Waals surface area (Å²) in [5, 5.41) is 4.11. The predicted octanol–water partition coefficient (Wildman–Crippen LogP) is 2.69. The van der Waals surface area contributed by atoms with Crippen LogP contribution in [0.4, 0.5) is 0 Å². The minimum Gasteiger partial charge on any atom is -0.495 e. The molecule has 136 valence electrons. The molecule has 2 heterocycles. The van der Waals surface area contributed by atoms with Crippen LogP contribution in [0.2, 0.25) is 0 Å². The van der Waals surface area contributed by atoms with Crippen molar-refractivity contribution in [2.24, 2.45) is 12.0 Å². The van der Waals surface area contributed by atoms with Crippen molar-refractivity contribution < 1.29 is 14.3 Å². The Bertz CT molecular complexity index is 1040. The highest BCUT2D eigenvalue weighted by atomic mass is 32.1. The summed E-state index contributed by atoms with van der Waals surface area (Å²) >= 11 is 1.37. The number of fused-ring (bicyclic) bond motifs is 1. The van der Waals surface area contributed by atoms with Gasteiger partial charge in [-0.2, -0.15) is 10.1 Å². The van der Waals surface area contributed by atoms with Gasteiger partial charge in [-0.1, -0.05) is 17.4 Å². The van der Waals surface area contributed by atoms with Gasteiger partial charge in [0.1, 0.15) is 27.4 Å². The lowest BCUT2D eigenvalue weighted by molar-refractivity contribution is 0.0988. The number of ether oxygens (including phenoxy) is 2. The van der Waals surface area contributed by atoms with Crippen LogP contribution in [0.15, 0.2) is 36.0 Å². The first-order valence-corrected chi connectivity index (χ1v) is 8.76. The summed E-state index contributed by atoms with van der Waals surface area (Å²) in [6.45, 7) is 6.13. The zero-order chi connectivity index (χ0) is 18.8. The molecule has 8 heteroatoms. The normalized spacial score (nSPS) is 11.8. The van der Waals surface area contributed by atoms with E-state index in [2.05, 4.69) is 16.7 Å². The van der Waals surface area contributed by atoms with Gasteiger partial charge in [0, 0.05) is 19.2 Å². The molecule has 0 bridgehead atoms. The number of benzene rings is 1. The van der Waals surface area contributed by atoms with Crippen molar-refractivity contribution in [3.05, 3.63) is 47.0 Å². The molecule has 7 nitrogen and oxygen atoms in total. The highest BCUT2D eigenvalue weighted by molar-refractivity contribution is 7.16. The van der Waals surface area contributed by atoms with Crippen LogP contribution in [-0.2, 0) is 13.6 Å². The molecule has 0 aliphatic carbocycles. The van der Waals surface area contributed by atoms with Crippen LogP contribution in [-0.4, -0.2) is 34.5 Å². The van der Waals surface area contributed by atoms with E-state index in [9.17, 15) is 4.79 Å². The van der Waals surface area contributed by atoms with Gasteiger partial charge in [0.15, 0.2) is 4.80 Å². The van der Waals surface area contributed by atoms with Crippen LogP contribution >= 0.6 is 11.3 Å². The molecule has 0 saturated carbocycles. The quantitative estimate of drug-likeness (QED) is 0.646. The number of carbonyl (C=O) groups excluding carboxylic acids is 1. The molecule has 0 atom stereocenters. The summed E-state index contributed by atoms with van der Waals surface area (Å²) in [5.74, 6) is 1.04. The van der Waals surface area contributed by atoms with E-state index in [0.717, 1.165) is 15.8 Å². The summed E-state index contributed by atoms with van der Waals surface area (Å²) in [5.41, 5.74) is 2.07. The molecular weight excluding hydrogens is 352 g/mol. The van der Waals surface area contributed by atoms with E-state index in [4.69, 9.17) is 9.47 Å². The average Bonchev–Trinajstić information content (AvgIpc) is 3.15. The Balaban J connectivity index is 2.30. The van der Waals surface area contributed by atoms with Crippen molar-refractivity contribution in [2.75, 3.05) is 14.2 Å². The number of aryl methyl sites for hydroxylation is 2. The fraction of sp³-hybridized carbons (Fsp3) is 0.278. The number of hydrogen-bond donors (Lipinski definition) is 0. The minimum absolute atomic E-state index is 0.343. The predicted molar refractivity (Wildman–Crippen MR) is 101 cm³/mol. The Kier molecular flexibility index (Phi) is 4.94. The number of allylic oxidation sites excluding steroid dienone is 1. The lowest BCUT2D eigenvalue weighted by atomic mass is 10.2.